The third-order valence-electron chi connectivity index (χ3n) is 9.50. The Hall–Kier alpha value is -3.22. The van der Waals surface area contributed by atoms with Gasteiger partial charge in [-0.05, 0) is 76.1 Å². The van der Waals surface area contributed by atoms with E-state index in [0.717, 1.165) is 43.6 Å². The number of ether oxygens (including phenoxy) is 1. The SMILES string of the molecule is [B]C([B])(COc1ccn(-c2ccc3c(n2)N2CC(CCCNc4cccc(n4)SNC3=O)CC2(C)C)n1)C([B])([B])C1(C(F)(F)F)CC1. The molecule has 1 unspecified atom stereocenters. The maximum atomic E-state index is 13.8. The molecule has 0 spiro atoms. The minimum absolute atomic E-state index is 0.0231. The molecule has 1 atom stereocenters. The van der Waals surface area contributed by atoms with Crippen molar-refractivity contribution in [2.45, 2.75) is 73.1 Å². The molecule has 6 rings (SSSR count). The van der Waals surface area contributed by atoms with E-state index in [2.05, 4.69) is 38.9 Å². The Morgan fingerprint density at radius 2 is 1.85 bits per heavy atom. The van der Waals surface area contributed by atoms with E-state index >= 15 is 0 Å². The molecule has 1 amide bonds. The number of anilines is 2. The highest BCUT2D eigenvalue weighted by Gasteiger charge is 2.71. The highest BCUT2D eigenvalue weighted by atomic mass is 32.2. The minimum Gasteiger partial charge on any atom is -0.478 e. The molecule has 3 aromatic heterocycles. The lowest BCUT2D eigenvalue weighted by Crippen LogP contribution is -2.48. The standard InChI is InChI=1S/C30H32B4F3N7O2S/c1-26(2)15-18-5-4-13-38-20-6-3-7-23(39-20)47-42-25(45)19-8-9-21(40-24(19)43(26)16-18)44-14-10-22(41-44)46-17-28(31,32)29(33,34)27(11-12-27)30(35,36)37/h3,6-10,14,18H,4-5,11-13,15-17H2,1-2H3,(H,38,39)(H,42,45). The number of nitrogens with one attached hydrogen (secondary N) is 2. The lowest BCUT2D eigenvalue weighted by molar-refractivity contribution is -0.193. The molecule has 2 aliphatic heterocycles. The second-order valence-electron chi connectivity index (χ2n) is 13.4. The summed E-state index contributed by atoms with van der Waals surface area (Å²) in [5.41, 5.74) is -2.29. The smallest absolute Gasteiger partial charge is 0.393 e. The Balaban J connectivity index is 1.26. The van der Waals surface area contributed by atoms with Gasteiger partial charge in [-0.15, -0.1) is 5.10 Å². The summed E-state index contributed by atoms with van der Waals surface area (Å²) in [6.07, 6.45) is -0.784. The fraction of sp³-hybridized carbons (Fsp3) is 0.533. The van der Waals surface area contributed by atoms with Crippen LogP contribution >= 0.6 is 11.9 Å². The number of hydrogen-bond acceptors (Lipinski definition) is 8. The third-order valence-corrected chi connectivity index (χ3v) is 10.2. The van der Waals surface area contributed by atoms with E-state index < -0.39 is 28.6 Å². The van der Waals surface area contributed by atoms with Crippen LogP contribution in [0.5, 0.6) is 5.88 Å². The summed E-state index contributed by atoms with van der Waals surface area (Å²) in [4.78, 5) is 25.2. The van der Waals surface area contributed by atoms with Crippen LogP contribution in [0.25, 0.3) is 5.82 Å². The van der Waals surface area contributed by atoms with Crippen molar-refractivity contribution in [1.29, 1.82) is 0 Å². The van der Waals surface area contributed by atoms with E-state index in [-0.39, 0.29) is 30.2 Å². The van der Waals surface area contributed by atoms with Crippen molar-refractivity contribution in [2.75, 3.05) is 29.9 Å². The number of alkyl halides is 3. The first-order chi connectivity index (χ1) is 22.0. The van der Waals surface area contributed by atoms with Gasteiger partial charge in [-0.2, -0.15) is 13.2 Å². The van der Waals surface area contributed by atoms with Crippen LogP contribution in [0, 0.1) is 11.3 Å². The number of hydrogen-bond donors (Lipinski definition) is 2. The van der Waals surface area contributed by atoms with Crippen molar-refractivity contribution in [3.05, 3.63) is 48.2 Å². The zero-order chi connectivity index (χ0) is 33.8. The van der Waals surface area contributed by atoms with Gasteiger partial charge in [0.2, 0.25) is 5.88 Å². The van der Waals surface area contributed by atoms with E-state index in [1.165, 1.54) is 10.7 Å². The maximum absolute atomic E-state index is 13.8. The molecular formula is C30H32B4F3N7O2S. The first-order valence-electron chi connectivity index (χ1n) is 15.4. The van der Waals surface area contributed by atoms with Crippen LogP contribution in [0.3, 0.4) is 0 Å². The number of rotatable bonds is 6. The first-order valence-corrected chi connectivity index (χ1v) is 16.2. The van der Waals surface area contributed by atoms with Gasteiger partial charge in [0.05, 0.1) is 49.0 Å². The van der Waals surface area contributed by atoms with Gasteiger partial charge in [0.25, 0.3) is 5.91 Å². The van der Waals surface area contributed by atoms with Gasteiger partial charge >= 0.3 is 6.18 Å². The van der Waals surface area contributed by atoms with Gasteiger partial charge in [0.1, 0.15) is 16.7 Å². The van der Waals surface area contributed by atoms with Crippen LogP contribution < -0.4 is 19.7 Å². The zero-order valence-electron chi connectivity index (χ0n) is 26.2. The quantitative estimate of drug-likeness (QED) is 0.296. The average Bonchev–Trinajstić information content (AvgIpc) is 3.63. The van der Waals surface area contributed by atoms with Crippen LogP contribution in [0.15, 0.2) is 47.6 Å². The van der Waals surface area contributed by atoms with Crippen LogP contribution in [-0.2, 0) is 0 Å². The lowest BCUT2D eigenvalue weighted by atomic mass is 9.26. The van der Waals surface area contributed by atoms with Gasteiger partial charge in [-0.25, -0.2) is 14.6 Å². The molecule has 47 heavy (non-hydrogen) atoms. The highest BCUT2D eigenvalue weighted by molar-refractivity contribution is 7.97. The number of fused-ring (bicyclic) bond motifs is 6. The summed E-state index contributed by atoms with van der Waals surface area (Å²) in [6.45, 7) is 5.15. The number of carbonyl (C=O) groups excluding carboxylic acids is 1. The molecular weight excluding hydrogens is 623 g/mol. The number of halogens is 3. The largest absolute Gasteiger partial charge is 0.478 e. The average molecular weight is 655 g/mol. The molecule has 2 N–H and O–H groups in total. The molecule has 2 fully saturated rings. The van der Waals surface area contributed by atoms with E-state index in [1.54, 1.807) is 18.3 Å². The van der Waals surface area contributed by atoms with Gasteiger partial charge in [-0.1, -0.05) is 16.5 Å². The Bertz CT molecular complexity index is 1650. The third kappa shape index (κ3) is 6.36. The van der Waals surface area contributed by atoms with Crippen molar-refractivity contribution in [3.63, 3.8) is 0 Å². The lowest BCUT2D eigenvalue weighted by Gasteiger charge is -2.50. The highest BCUT2D eigenvalue weighted by Crippen LogP contribution is 2.73. The second kappa shape index (κ2) is 12.0. The number of carbonyl (C=O) groups is 1. The predicted octanol–water partition coefficient (Wildman–Crippen LogP) is 4.54. The summed E-state index contributed by atoms with van der Waals surface area (Å²) in [7, 11) is 24.0. The molecule has 3 aromatic rings. The molecule has 17 heteroatoms. The summed E-state index contributed by atoms with van der Waals surface area (Å²) in [5.74, 6) is 1.72. The summed E-state index contributed by atoms with van der Waals surface area (Å²) >= 11 is 1.12. The van der Waals surface area contributed by atoms with E-state index in [9.17, 15) is 18.0 Å². The fourth-order valence-corrected chi connectivity index (χ4v) is 7.16. The van der Waals surface area contributed by atoms with E-state index in [4.69, 9.17) is 41.1 Å². The number of pyridine rings is 2. The van der Waals surface area contributed by atoms with E-state index in [0.29, 0.717) is 34.7 Å². The Kier molecular flexibility index (Phi) is 8.62. The number of aromatic nitrogens is 4. The van der Waals surface area contributed by atoms with Gasteiger partial charge in [0, 0.05) is 42.8 Å². The zero-order valence-corrected chi connectivity index (χ0v) is 27.0. The number of nitrogens with zero attached hydrogens (tertiary/aromatic N) is 5. The maximum Gasteiger partial charge on any atom is 0.393 e. The normalized spacial score (nSPS) is 21.1. The Morgan fingerprint density at radius 3 is 2.57 bits per heavy atom. The molecule has 1 saturated heterocycles. The monoisotopic (exact) mass is 655 g/mol. The second-order valence-corrected chi connectivity index (χ2v) is 14.2. The molecule has 238 valence electrons. The van der Waals surface area contributed by atoms with Crippen LogP contribution in [0.1, 0.15) is 56.3 Å². The molecule has 1 saturated carbocycles. The van der Waals surface area contributed by atoms with Crippen LogP contribution in [0.4, 0.5) is 24.8 Å². The Morgan fingerprint density at radius 1 is 1.09 bits per heavy atom. The molecule has 8 radical (unpaired) electrons. The fourth-order valence-electron chi connectivity index (χ4n) is 6.56. The van der Waals surface area contributed by atoms with Crippen molar-refractivity contribution >= 4 is 60.9 Å². The minimum atomic E-state index is -4.68. The topological polar surface area (TPSA) is 97.2 Å². The number of amides is 1. The molecule has 3 aliphatic rings. The predicted molar refractivity (Wildman–Crippen MR) is 178 cm³/mol. The molecule has 9 nitrogen and oxygen atoms in total. The molecule has 4 bridgehead atoms. The summed E-state index contributed by atoms with van der Waals surface area (Å²) in [6, 6.07) is 10.4. The molecule has 5 heterocycles. The van der Waals surface area contributed by atoms with Crippen LogP contribution in [-0.4, -0.2) is 88.5 Å². The Labute approximate surface area is 281 Å². The van der Waals surface area contributed by atoms with Crippen molar-refractivity contribution in [1.82, 2.24) is 24.5 Å². The van der Waals surface area contributed by atoms with Gasteiger partial charge in [-0.3, -0.25) is 9.52 Å². The van der Waals surface area contributed by atoms with Crippen molar-refractivity contribution in [3.8, 4) is 11.7 Å². The summed E-state index contributed by atoms with van der Waals surface area (Å²) < 4.78 is 51.3. The van der Waals surface area contributed by atoms with E-state index in [1.807, 2.05) is 18.2 Å². The molecule has 1 aliphatic carbocycles. The van der Waals surface area contributed by atoms with Gasteiger partial charge < -0.3 is 15.0 Å². The first kappa shape index (κ1) is 33.7. The van der Waals surface area contributed by atoms with Gasteiger partial charge in [0.15, 0.2) is 5.82 Å². The summed E-state index contributed by atoms with van der Waals surface area (Å²) in [5, 5.41) is 3.68. The molecule has 0 aromatic carbocycles. The van der Waals surface area contributed by atoms with Crippen molar-refractivity contribution in [2.24, 2.45) is 11.3 Å². The van der Waals surface area contributed by atoms with Crippen molar-refractivity contribution < 1.29 is 22.7 Å². The van der Waals surface area contributed by atoms with Crippen LogP contribution in [0.2, 0.25) is 10.4 Å².